The van der Waals surface area contributed by atoms with Gasteiger partial charge in [-0.15, -0.1) is 0 Å². The van der Waals surface area contributed by atoms with Crippen molar-refractivity contribution in [3.05, 3.63) is 46.3 Å². The molecule has 2 fully saturated rings. The zero-order valence-electron chi connectivity index (χ0n) is 20.9. The van der Waals surface area contributed by atoms with Crippen molar-refractivity contribution in [1.29, 1.82) is 0 Å². The first-order chi connectivity index (χ1) is 17.3. The van der Waals surface area contributed by atoms with Crippen molar-refractivity contribution in [2.75, 3.05) is 39.0 Å². The van der Waals surface area contributed by atoms with Crippen molar-refractivity contribution >= 4 is 33.3 Å². The van der Waals surface area contributed by atoms with Crippen LogP contribution in [0.25, 0.3) is 0 Å². The molecule has 0 bridgehead atoms. The number of carbonyl (C=O) groups is 2. The average molecular weight is 564 g/mol. The van der Waals surface area contributed by atoms with Gasteiger partial charge in [0.25, 0.3) is 12.3 Å². The van der Waals surface area contributed by atoms with Gasteiger partial charge in [0.2, 0.25) is 5.91 Å². The van der Waals surface area contributed by atoms with Gasteiger partial charge in [-0.3, -0.25) is 14.5 Å². The maximum Gasteiger partial charge on any atom is 0.258 e. The molecule has 2 aliphatic rings. The van der Waals surface area contributed by atoms with Crippen molar-refractivity contribution in [2.45, 2.75) is 50.2 Å². The minimum absolute atomic E-state index is 0.00307. The molecule has 3 rings (SSSR count). The van der Waals surface area contributed by atoms with Crippen LogP contribution in [-0.2, 0) is 19.4 Å². The summed E-state index contributed by atoms with van der Waals surface area (Å²) in [5, 5.41) is 3.89. The number of sulfone groups is 1. The summed E-state index contributed by atoms with van der Waals surface area (Å²) in [7, 11) is -3.39. The standard InChI is InChI=1S/C25H33ClF3N3O4S/c1-17(8-13-37(2,35)36)30-24(34)25(29)9-5-11-32(12-10-25)23(33)20-15-31(16-22(27)28)14-19(20)18-6-3-4-7-21(18)26/h3-4,6-8,13,17,19-20,22H,5,9-12,14-16H2,1-2H3,(H,30,34)/b13-8-/t17-,19+,20+,25-/m1/s1. The van der Waals surface area contributed by atoms with E-state index >= 15 is 4.39 Å². The predicted octanol–water partition coefficient (Wildman–Crippen LogP) is 3.40. The summed E-state index contributed by atoms with van der Waals surface area (Å²) >= 11 is 6.38. The second-order valence-electron chi connectivity index (χ2n) is 9.91. The fourth-order valence-electron chi connectivity index (χ4n) is 5.00. The largest absolute Gasteiger partial charge is 0.347 e. The molecule has 1 aromatic carbocycles. The molecule has 2 saturated heterocycles. The summed E-state index contributed by atoms with van der Waals surface area (Å²) in [5.41, 5.74) is -1.51. The van der Waals surface area contributed by atoms with Gasteiger partial charge in [-0.1, -0.05) is 35.9 Å². The van der Waals surface area contributed by atoms with E-state index in [9.17, 15) is 26.8 Å². The van der Waals surface area contributed by atoms with Gasteiger partial charge in [-0.05, 0) is 31.4 Å². The number of hydrogen-bond acceptors (Lipinski definition) is 5. The Morgan fingerprint density at radius 3 is 2.57 bits per heavy atom. The fourth-order valence-corrected chi connectivity index (χ4v) is 5.79. The first-order valence-electron chi connectivity index (χ1n) is 12.2. The monoisotopic (exact) mass is 563 g/mol. The summed E-state index contributed by atoms with van der Waals surface area (Å²) in [4.78, 5) is 29.4. The molecule has 2 aliphatic heterocycles. The molecule has 206 valence electrons. The number of benzene rings is 1. The summed E-state index contributed by atoms with van der Waals surface area (Å²) in [6, 6.07) is 6.33. The Morgan fingerprint density at radius 1 is 1.22 bits per heavy atom. The van der Waals surface area contributed by atoms with Crippen LogP contribution in [0, 0.1) is 5.92 Å². The second-order valence-corrected chi connectivity index (χ2v) is 12.2. The molecule has 4 atom stereocenters. The minimum atomic E-state index is -3.39. The van der Waals surface area contributed by atoms with Gasteiger partial charge in [-0.25, -0.2) is 21.6 Å². The number of carbonyl (C=O) groups excluding carboxylic acids is 2. The van der Waals surface area contributed by atoms with Crippen LogP contribution < -0.4 is 5.32 Å². The molecule has 12 heteroatoms. The van der Waals surface area contributed by atoms with Crippen molar-refractivity contribution in [2.24, 2.45) is 5.92 Å². The van der Waals surface area contributed by atoms with E-state index in [0.717, 1.165) is 11.7 Å². The molecule has 0 saturated carbocycles. The first kappa shape index (κ1) is 29.4. The van der Waals surface area contributed by atoms with Gasteiger partial charge in [0.1, 0.15) is 0 Å². The van der Waals surface area contributed by atoms with Gasteiger partial charge in [0.15, 0.2) is 15.5 Å². The molecule has 0 aliphatic carbocycles. The second kappa shape index (κ2) is 12.2. The summed E-state index contributed by atoms with van der Waals surface area (Å²) in [5.74, 6) is -2.13. The number of rotatable bonds is 8. The molecule has 2 heterocycles. The molecule has 0 aromatic heterocycles. The Balaban J connectivity index is 1.71. The molecular formula is C25H33ClF3N3O4S. The molecule has 37 heavy (non-hydrogen) atoms. The molecule has 1 N–H and O–H groups in total. The van der Waals surface area contributed by atoms with Crippen molar-refractivity contribution < 1.29 is 31.2 Å². The Hall–Kier alpha value is -2.11. The van der Waals surface area contributed by atoms with E-state index in [2.05, 4.69) is 5.32 Å². The topological polar surface area (TPSA) is 86.8 Å². The lowest BCUT2D eigenvalue weighted by molar-refractivity contribution is -0.137. The fraction of sp³-hybridized carbons (Fsp3) is 0.600. The average Bonchev–Trinajstić information content (AvgIpc) is 3.10. The molecule has 0 radical (unpaired) electrons. The third-order valence-corrected chi connectivity index (χ3v) is 7.88. The minimum Gasteiger partial charge on any atom is -0.347 e. The van der Waals surface area contributed by atoms with Crippen LogP contribution in [0.4, 0.5) is 13.2 Å². The van der Waals surface area contributed by atoms with Crippen LogP contribution >= 0.6 is 11.6 Å². The summed E-state index contributed by atoms with van der Waals surface area (Å²) in [6.45, 7) is 1.71. The number of likely N-dealkylation sites (tertiary alicyclic amines) is 2. The van der Waals surface area contributed by atoms with Crippen LogP contribution in [0.5, 0.6) is 0 Å². The van der Waals surface area contributed by atoms with Crippen molar-refractivity contribution in [1.82, 2.24) is 15.1 Å². The lowest BCUT2D eigenvalue weighted by atomic mass is 9.87. The van der Waals surface area contributed by atoms with E-state index in [1.165, 1.54) is 17.9 Å². The number of alkyl halides is 3. The Bertz CT molecular complexity index is 1120. The van der Waals surface area contributed by atoms with E-state index in [0.29, 0.717) is 10.6 Å². The highest BCUT2D eigenvalue weighted by atomic mass is 35.5. The Morgan fingerprint density at radius 2 is 1.92 bits per heavy atom. The zero-order chi connectivity index (χ0) is 27.4. The van der Waals surface area contributed by atoms with E-state index in [4.69, 9.17) is 11.6 Å². The summed E-state index contributed by atoms with van der Waals surface area (Å²) < 4.78 is 64.5. The van der Waals surface area contributed by atoms with E-state index < -0.39 is 46.3 Å². The smallest absolute Gasteiger partial charge is 0.258 e. The molecule has 0 unspecified atom stereocenters. The van der Waals surface area contributed by atoms with Gasteiger partial charge < -0.3 is 10.2 Å². The number of amides is 2. The van der Waals surface area contributed by atoms with E-state index in [-0.39, 0.29) is 57.3 Å². The highest BCUT2D eigenvalue weighted by Crippen LogP contribution is 2.38. The van der Waals surface area contributed by atoms with Crippen LogP contribution in [0.15, 0.2) is 35.7 Å². The van der Waals surface area contributed by atoms with Crippen LogP contribution in [-0.4, -0.2) is 87.1 Å². The van der Waals surface area contributed by atoms with Crippen LogP contribution in [0.1, 0.15) is 37.7 Å². The van der Waals surface area contributed by atoms with Gasteiger partial charge in [-0.2, -0.15) is 0 Å². The number of nitrogens with zero attached hydrogens (tertiary/aromatic N) is 2. The van der Waals surface area contributed by atoms with E-state index in [1.807, 2.05) is 0 Å². The summed E-state index contributed by atoms with van der Waals surface area (Å²) in [6.07, 6.45) is -0.340. The first-order valence-corrected chi connectivity index (χ1v) is 14.5. The van der Waals surface area contributed by atoms with Crippen LogP contribution in [0.3, 0.4) is 0 Å². The number of nitrogens with one attached hydrogen (secondary N) is 1. The van der Waals surface area contributed by atoms with Crippen molar-refractivity contribution in [3.63, 3.8) is 0 Å². The maximum absolute atomic E-state index is 15.7. The van der Waals surface area contributed by atoms with Crippen LogP contribution in [0.2, 0.25) is 5.02 Å². The molecular weight excluding hydrogens is 531 g/mol. The quantitative estimate of drug-likeness (QED) is 0.524. The van der Waals surface area contributed by atoms with Crippen molar-refractivity contribution in [3.8, 4) is 0 Å². The highest BCUT2D eigenvalue weighted by Gasteiger charge is 2.45. The molecule has 0 spiro atoms. The Labute approximate surface area is 220 Å². The molecule has 2 amide bonds. The zero-order valence-corrected chi connectivity index (χ0v) is 22.5. The SMILES string of the molecule is C[C@H](/C=C\S(C)(=O)=O)NC(=O)[C@@]1(F)CCCN(C(=O)[C@H]2CN(CC(F)F)C[C@H]2c2ccccc2Cl)CC1. The maximum atomic E-state index is 15.7. The third kappa shape index (κ3) is 7.94. The lowest BCUT2D eigenvalue weighted by Crippen LogP contribution is -2.47. The van der Waals surface area contributed by atoms with Gasteiger partial charge in [0, 0.05) is 61.2 Å². The van der Waals surface area contributed by atoms with Gasteiger partial charge >= 0.3 is 0 Å². The lowest BCUT2D eigenvalue weighted by Gasteiger charge is -2.28. The normalized spacial score (nSPS) is 26.4. The third-order valence-electron chi connectivity index (χ3n) is 6.88. The molecule has 7 nitrogen and oxygen atoms in total. The van der Waals surface area contributed by atoms with E-state index in [1.54, 1.807) is 29.2 Å². The highest BCUT2D eigenvalue weighted by molar-refractivity contribution is 7.93. The van der Waals surface area contributed by atoms with Gasteiger partial charge in [0.05, 0.1) is 12.5 Å². The predicted molar refractivity (Wildman–Crippen MR) is 136 cm³/mol. The number of halogens is 4. The molecule has 1 aromatic rings. The Kier molecular flexibility index (Phi) is 9.68. The number of hydrogen-bond donors (Lipinski definition) is 1.